The molecule has 3 aromatic carbocycles. The van der Waals surface area contributed by atoms with Gasteiger partial charge in [0.2, 0.25) is 0 Å². The summed E-state index contributed by atoms with van der Waals surface area (Å²) in [4.78, 5) is 13.9. The number of hydrogen-bond donors (Lipinski definition) is 0. The van der Waals surface area contributed by atoms with Gasteiger partial charge in [0.15, 0.2) is 0 Å². The number of carbonyl (C=O) groups excluding carboxylic acids is 1. The molecule has 210 valence electrons. The quantitative estimate of drug-likeness (QED) is 0.187. The van der Waals surface area contributed by atoms with Crippen LogP contribution in [0, 0.1) is 3.57 Å². The molecule has 0 aliphatic rings. The molecule has 11 heteroatoms. The molecule has 0 aliphatic carbocycles. The summed E-state index contributed by atoms with van der Waals surface area (Å²) < 4.78 is 90.4. The van der Waals surface area contributed by atoms with Crippen LogP contribution in [0.15, 0.2) is 54.6 Å². The number of amides is 1. The number of ether oxygens (including phenoxy) is 2. The minimum absolute atomic E-state index is 0.0263. The van der Waals surface area contributed by atoms with Crippen LogP contribution < -0.4 is 4.74 Å². The number of halogens is 7. The Bertz CT molecular complexity index is 1310. The van der Waals surface area contributed by atoms with E-state index in [1.165, 1.54) is 11.9 Å². The summed E-state index contributed by atoms with van der Waals surface area (Å²) in [5.74, 6) is 0.894. The van der Waals surface area contributed by atoms with Gasteiger partial charge in [0.25, 0.3) is 0 Å². The Kier molecular flexibility index (Phi) is 9.45. The van der Waals surface area contributed by atoms with Crippen LogP contribution in [-0.4, -0.2) is 25.2 Å². The van der Waals surface area contributed by atoms with Gasteiger partial charge in [0, 0.05) is 22.7 Å². The van der Waals surface area contributed by atoms with E-state index in [2.05, 4.69) is 36.4 Å². The van der Waals surface area contributed by atoms with Gasteiger partial charge in [-0.2, -0.15) is 26.3 Å². The lowest BCUT2D eigenvalue weighted by Crippen LogP contribution is -2.27. The van der Waals surface area contributed by atoms with E-state index in [0.29, 0.717) is 17.9 Å². The van der Waals surface area contributed by atoms with Crippen molar-refractivity contribution in [2.75, 3.05) is 14.2 Å². The lowest BCUT2D eigenvalue weighted by Gasteiger charge is -2.21. The van der Waals surface area contributed by atoms with E-state index in [1.807, 2.05) is 36.4 Å². The molecule has 0 N–H and O–H groups in total. The van der Waals surface area contributed by atoms with Crippen LogP contribution >= 0.6 is 22.6 Å². The summed E-state index contributed by atoms with van der Waals surface area (Å²) in [6, 6.07) is 12.6. The highest BCUT2D eigenvalue weighted by atomic mass is 127. The second-order valence-electron chi connectivity index (χ2n) is 9.24. The van der Waals surface area contributed by atoms with Crippen LogP contribution in [0.2, 0.25) is 0 Å². The minimum atomic E-state index is -4.99. The number of benzene rings is 3. The van der Waals surface area contributed by atoms with E-state index in [4.69, 9.17) is 9.47 Å². The number of hydrogen-bond acceptors (Lipinski definition) is 3. The number of methoxy groups -OCH3 is 1. The van der Waals surface area contributed by atoms with Gasteiger partial charge in [-0.25, -0.2) is 4.79 Å². The zero-order chi connectivity index (χ0) is 29.1. The molecule has 0 fully saturated rings. The monoisotopic (exact) mass is 665 g/mol. The lowest BCUT2D eigenvalue weighted by atomic mass is 9.93. The van der Waals surface area contributed by atoms with Gasteiger partial charge in [0.05, 0.1) is 18.2 Å². The van der Waals surface area contributed by atoms with Gasteiger partial charge in [-0.05, 0) is 93.2 Å². The van der Waals surface area contributed by atoms with E-state index >= 15 is 0 Å². The average molecular weight is 665 g/mol. The molecular formula is C28H26F6INO3. The van der Waals surface area contributed by atoms with Crippen molar-refractivity contribution in [1.29, 1.82) is 0 Å². The van der Waals surface area contributed by atoms with Crippen molar-refractivity contribution >= 4 is 28.7 Å². The number of nitrogens with zero attached hydrogens (tertiary/aromatic N) is 1. The molecule has 0 unspecified atom stereocenters. The van der Waals surface area contributed by atoms with Gasteiger partial charge in [-0.15, -0.1) is 0 Å². The van der Waals surface area contributed by atoms with Crippen molar-refractivity contribution in [2.24, 2.45) is 0 Å². The minimum Gasteiger partial charge on any atom is -0.496 e. The van der Waals surface area contributed by atoms with Crippen LogP contribution in [0.1, 0.15) is 47.6 Å². The predicted molar refractivity (Wildman–Crippen MR) is 143 cm³/mol. The fourth-order valence-electron chi connectivity index (χ4n) is 3.93. The molecule has 0 aromatic heterocycles. The summed E-state index contributed by atoms with van der Waals surface area (Å²) in [5, 5.41) is 0. The molecular weight excluding hydrogens is 639 g/mol. The number of alkyl halides is 6. The second-order valence-corrected chi connectivity index (χ2v) is 10.5. The van der Waals surface area contributed by atoms with E-state index in [1.54, 1.807) is 7.11 Å². The van der Waals surface area contributed by atoms with Crippen LogP contribution in [0.3, 0.4) is 0 Å². The number of carbonyl (C=O) groups is 1. The Morgan fingerprint density at radius 1 is 0.897 bits per heavy atom. The third kappa shape index (κ3) is 7.80. The molecule has 0 heterocycles. The molecule has 3 rings (SSSR count). The van der Waals surface area contributed by atoms with Gasteiger partial charge in [-0.1, -0.05) is 26.0 Å². The summed E-state index contributed by atoms with van der Waals surface area (Å²) in [7, 11) is 2.99. The molecule has 3 aromatic rings. The molecule has 1 amide bonds. The standard InChI is InChI=1S/C28H26F6INO3/c1-16(2)18-5-8-25(38-4)24(12-18)23-7-6-22(35)11-19(23)14-36(3)26(37)39-15-17-9-20(27(29,30)31)13-21(10-17)28(32,33)34/h5-13,16H,14-15H2,1-4H3. The Balaban J connectivity index is 1.85. The first-order chi connectivity index (χ1) is 18.1. The highest BCUT2D eigenvalue weighted by Crippen LogP contribution is 2.38. The molecule has 0 aliphatic heterocycles. The van der Waals surface area contributed by atoms with E-state index in [0.717, 1.165) is 25.8 Å². The second kappa shape index (κ2) is 12.1. The van der Waals surface area contributed by atoms with Crippen LogP contribution in [-0.2, 0) is 30.2 Å². The fourth-order valence-corrected chi connectivity index (χ4v) is 4.48. The summed E-state index contributed by atoms with van der Waals surface area (Å²) >= 11 is 2.13. The Morgan fingerprint density at radius 2 is 1.51 bits per heavy atom. The first-order valence-corrected chi connectivity index (χ1v) is 12.8. The fraction of sp³-hybridized carbons (Fsp3) is 0.321. The maximum Gasteiger partial charge on any atom is 0.416 e. The van der Waals surface area contributed by atoms with Crippen molar-refractivity contribution in [3.63, 3.8) is 0 Å². The van der Waals surface area contributed by atoms with Crippen LogP contribution in [0.25, 0.3) is 11.1 Å². The molecule has 0 atom stereocenters. The lowest BCUT2D eigenvalue weighted by molar-refractivity contribution is -0.143. The average Bonchev–Trinajstić information content (AvgIpc) is 2.85. The van der Waals surface area contributed by atoms with Crippen molar-refractivity contribution in [3.8, 4) is 16.9 Å². The topological polar surface area (TPSA) is 38.8 Å². The van der Waals surface area contributed by atoms with E-state index < -0.39 is 41.7 Å². The van der Waals surface area contributed by atoms with Crippen LogP contribution in [0.4, 0.5) is 31.1 Å². The molecule has 39 heavy (non-hydrogen) atoms. The maximum absolute atomic E-state index is 13.1. The van der Waals surface area contributed by atoms with E-state index in [9.17, 15) is 31.1 Å². The summed E-state index contributed by atoms with van der Waals surface area (Å²) in [5.41, 5.74) is 0.0867. The van der Waals surface area contributed by atoms with Crippen molar-refractivity contribution in [2.45, 2.75) is 45.3 Å². The molecule has 0 saturated carbocycles. The third-order valence-corrected chi connectivity index (χ3v) is 6.65. The summed E-state index contributed by atoms with van der Waals surface area (Å²) in [6.45, 7) is 3.43. The van der Waals surface area contributed by atoms with Crippen molar-refractivity contribution in [3.05, 3.63) is 86.0 Å². The Morgan fingerprint density at radius 3 is 2.05 bits per heavy atom. The molecule has 0 saturated heterocycles. The first-order valence-electron chi connectivity index (χ1n) is 11.7. The zero-order valence-electron chi connectivity index (χ0n) is 21.5. The molecule has 0 spiro atoms. The van der Waals surface area contributed by atoms with Gasteiger partial charge in [-0.3, -0.25) is 0 Å². The SMILES string of the molecule is COc1ccc(C(C)C)cc1-c1ccc(I)cc1CN(C)C(=O)OCc1cc(C(F)(F)F)cc(C(F)(F)F)c1. The van der Waals surface area contributed by atoms with Crippen molar-refractivity contribution in [1.82, 2.24) is 4.90 Å². The Labute approximate surface area is 236 Å². The molecule has 0 radical (unpaired) electrons. The first kappa shape index (κ1) is 30.6. The Hall–Kier alpha value is -2.96. The largest absolute Gasteiger partial charge is 0.496 e. The zero-order valence-corrected chi connectivity index (χ0v) is 23.7. The normalized spacial score (nSPS) is 12.0. The maximum atomic E-state index is 13.1. The predicted octanol–water partition coefficient (Wildman–Crippen LogP) is 8.90. The van der Waals surface area contributed by atoms with Gasteiger partial charge >= 0.3 is 18.4 Å². The van der Waals surface area contributed by atoms with Gasteiger partial charge in [0.1, 0.15) is 12.4 Å². The highest BCUT2D eigenvalue weighted by Gasteiger charge is 2.37. The van der Waals surface area contributed by atoms with Crippen LogP contribution in [0.5, 0.6) is 5.75 Å². The smallest absolute Gasteiger partial charge is 0.416 e. The summed E-state index contributed by atoms with van der Waals surface area (Å²) in [6.07, 6.45) is -10.9. The highest BCUT2D eigenvalue weighted by molar-refractivity contribution is 14.1. The van der Waals surface area contributed by atoms with Crippen molar-refractivity contribution < 1.29 is 40.6 Å². The van der Waals surface area contributed by atoms with E-state index in [-0.39, 0.29) is 18.5 Å². The number of rotatable bonds is 7. The molecule has 4 nitrogen and oxygen atoms in total. The van der Waals surface area contributed by atoms with Gasteiger partial charge < -0.3 is 14.4 Å². The third-order valence-electron chi connectivity index (χ3n) is 5.98. The molecule has 0 bridgehead atoms.